The Balaban J connectivity index is 1.78. The summed E-state index contributed by atoms with van der Waals surface area (Å²) in [5, 5.41) is 2.90. The Kier molecular flexibility index (Phi) is 7.17. The summed E-state index contributed by atoms with van der Waals surface area (Å²) in [4.78, 5) is 25.5. The number of hydrogen-bond donors (Lipinski definition) is 1. The first-order valence-electron chi connectivity index (χ1n) is 10.5. The van der Waals surface area contributed by atoms with Gasteiger partial charge in [-0.2, -0.15) is 0 Å². The minimum absolute atomic E-state index is 0.0841. The number of carbonyl (C=O) groups is 1. The van der Waals surface area contributed by atoms with E-state index >= 15 is 0 Å². The minimum Gasteiger partial charge on any atom is -0.494 e. The van der Waals surface area contributed by atoms with E-state index in [-0.39, 0.29) is 18.0 Å². The molecule has 0 unspecified atom stereocenters. The first-order valence-corrected chi connectivity index (χ1v) is 10.5. The minimum atomic E-state index is -0.191. The van der Waals surface area contributed by atoms with Crippen molar-refractivity contribution in [2.45, 2.75) is 46.7 Å². The van der Waals surface area contributed by atoms with Gasteiger partial charge >= 0.3 is 5.69 Å². The van der Waals surface area contributed by atoms with Crippen LogP contribution in [0.25, 0.3) is 11.0 Å². The molecule has 0 radical (unpaired) electrons. The van der Waals surface area contributed by atoms with E-state index in [1.165, 1.54) is 0 Å². The van der Waals surface area contributed by atoms with Gasteiger partial charge in [0.1, 0.15) is 11.5 Å². The molecule has 0 aliphatic heterocycles. The predicted molar refractivity (Wildman–Crippen MR) is 119 cm³/mol. The first-order chi connectivity index (χ1) is 14.6. The quantitative estimate of drug-likeness (QED) is 0.546. The summed E-state index contributed by atoms with van der Waals surface area (Å²) in [5.41, 5.74) is 2.22. The highest BCUT2D eigenvalue weighted by atomic mass is 16.5. The van der Waals surface area contributed by atoms with E-state index in [9.17, 15) is 9.59 Å². The van der Waals surface area contributed by atoms with E-state index in [0.29, 0.717) is 43.5 Å². The molecule has 0 fully saturated rings. The summed E-state index contributed by atoms with van der Waals surface area (Å²) < 4.78 is 14.6. The molecule has 0 aliphatic rings. The molecule has 2 aromatic carbocycles. The molecule has 0 aliphatic carbocycles. The van der Waals surface area contributed by atoms with E-state index in [2.05, 4.69) is 5.32 Å². The zero-order chi connectivity index (χ0) is 21.5. The normalized spacial score (nSPS) is 10.9. The summed E-state index contributed by atoms with van der Waals surface area (Å²) in [6.45, 7) is 7.81. The fourth-order valence-electron chi connectivity index (χ4n) is 3.50. The molecule has 0 spiro atoms. The van der Waals surface area contributed by atoms with Gasteiger partial charge in [-0.3, -0.25) is 13.9 Å². The van der Waals surface area contributed by atoms with Gasteiger partial charge in [-0.15, -0.1) is 0 Å². The number of fused-ring (bicyclic) bond motifs is 1. The largest absolute Gasteiger partial charge is 0.494 e. The van der Waals surface area contributed by atoms with Crippen LogP contribution >= 0.6 is 0 Å². The van der Waals surface area contributed by atoms with Crippen molar-refractivity contribution >= 4 is 22.6 Å². The van der Waals surface area contributed by atoms with Crippen LogP contribution in [0.2, 0.25) is 0 Å². The highest BCUT2D eigenvalue weighted by Gasteiger charge is 2.15. The zero-order valence-electron chi connectivity index (χ0n) is 17.8. The average Bonchev–Trinajstić information content (AvgIpc) is 3.00. The third kappa shape index (κ3) is 4.67. The highest BCUT2D eigenvalue weighted by Crippen LogP contribution is 2.29. The van der Waals surface area contributed by atoms with Crippen LogP contribution in [0.3, 0.4) is 0 Å². The molecule has 1 heterocycles. The topological polar surface area (TPSA) is 74.5 Å². The van der Waals surface area contributed by atoms with Crippen molar-refractivity contribution in [3.8, 4) is 11.5 Å². The lowest BCUT2D eigenvalue weighted by Gasteiger charge is -2.13. The number of para-hydroxylation sites is 2. The lowest BCUT2D eigenvalue weighted by molar-refractivity contribution is -0.116. The SMILES string of the molecule is CCCn1c(=O)n(CCC(=O)Nc2cc(OCC)ccc2OCC)c2ccccc21. The molecule has 1 aromatic heterocycles. The lowest BCUT2D eigenvalue weighted by Crippen LogP contribution is -2.26. The summed E-state index contributed by atoms with van der Waals surface area (Å²) in [6.07, 6.45) is 1.04. The Morgan fingerprint density at radius 1 is 0.933 bits per heavy atom. The van der Waals surface area contributed by atoms with Crippen molar-refractivity contribution in [3.63, 3.8) is 0 Å². The number of nitrogens with zero attached hydrogens (tertiary/aromatic N) is 2. The van der Waals surface area contributed by atoms with Crippen molar-refractivity contribution in [2.24, 2.45) is 0 Å². The second-order valence-corrected chi connectivity index (χ2v) is 6.90. The van der Waals surface area contributed by atoms with Crippen molar-refractivity contribution in [1.82, 2.24) is 9.13 Å². The summed E-state index contributed by atoms with van der Waals surface area (Å²) in [5.74, 6) is 1.06. The molecular weight excluding hydrogens is 382 g/mol. The summed E-state index contributed by atoms with van der Waals surface area (Å²) in [6, 6.07) is 13.0. The van der Waals surface area contributed by atoms with Crippen molar-refractivity contribution < 1.29 is 14.3 Å². The van der Waals surface area contributed by atoms with Gasteiger partial charge in [0, 0.05) is 25.6 Å². The number of imidazole rings is 1. The smallest absolute Gasteiger partial charge is 0.329 e. The molecule has 3 aromatic rings. The number of amides is 1. The average molecular weight is 412 g/mol. The van der Waals surface area contributed by atoms with Crippen LogP contribution in [0.1, 0.15) is 33.6 Å². The Bertz CT molecular complexity index is 1070. The lowest BCUT2D eigenvalue weighted by atomic mass is 10.2. The standard InChI is InChI=1S/C23H29N3O4/c1-4-14-25-19-9-7-8-10-20(19)26(23(25)28)15-13-22(27)24-18-16-17(29-5-2)11-12-21(18)30-6-3/h7-12,16H,4-6,13-15H2,1-3H3,(H,24,27). The number of hydrogen-bond acceptors (Lipinski definition) is 4. The molecule has 30 heavy (non-hydrogen) atoms. The van der Waals surface area contributed by atoms with Gasteiger partial charge in [0.05, 0.1) is 29.9 Å². The number of aryl methyl sites for hydroxylation is 2. The van der Waals surface area contributed by atoms with Gasteiger partial charge < -0.3 is 14.8 Å². The molecule has 7 heteroatoms. The van der Waals surface area contributed by atoms with E-state index in [4.69, 9.17) is 9.47 Å². The number of nitrogens with one attached hydrogen (secondary N) is 1. The first kappa shape index (κ1) is 21.5. The fraction of sp³-hybridized carbons (Fsp3) is 0.391. The second-order valence-electron chi connectivity index (χ2n) is 6.90. The molecule has 0 saturated carbocycles. The van der Waals surface area contributed by atoms with Crippen LogP contribution in [-0.4, -0.2) is 28.3 Å². The number of aromatic nitrogens is 2. The number of carbonyl (C=O) groups excluding carboxylic acids is 1. The second kappa shape index (κ2) is 10.0. The van der Waals surface area contributed by atoms with Crippen LogP contribution in [0.5, 0.6) is 11.5 Å². The van der Waals surface area contributed by atoms with E-state index in [1.807, 2.05) is 51.1 Å². The Morgan fingerprint density at radius 2 is 1.60 bits per heavy atom. The molecular formula is C23H29N3O4. The summed E-state index contributed by atoms with van der Waals surface area (Å²) >= 11 is 0. The van der Waals surface area contributed by atoms with Crippen molar-refractivity contribution in [1.29, 1.82) is 0 Å². The maximum atomic E-state index is 12.9. The maximum absolute atomic E-state index is 12.9. The molecule has 160 valence electrons. The zero-order valence-corrected chi connectivity index (χ0v) is 17.8. The molecule has 3 rings (SSSR count). The van der Waals surface area contributed by atoms with Gasteiger partial charge in [0.2, 0.25) is 5.91 Å². The Labute approximate surface area is 176 Å². The monoisotopic (exact) mass is 411 g/mol. The predicted octanol–water partition coefficient (Wildman–Crippen LogP) is 4.04. The number of anilines is 1. The Morgan fingerprint density at radius 3 is 2.23 bits per heavy atom. The molecule has 0 atom stereocenters. The third-order valence-corrected chi connectivity index (χ3v) is 4.77. The number of rotatable bonds is 10. The van der Waals surface area contributed by atoms with Gasteiger partial charge in [-0.25, -0.2) is 4.79 Å². The number of ether oxygens (including phenoxy) is 2. The van der Waals surface area contributed by atoms with Crippen molar-refractivity contribution in [3.05, 3.63) is 52.9 Å². The van der Waals surface area contributed by atoms with Gasteiger partial charge in [-0.1, -0.05) is 19.1 Å². The van der Waals surface area contributed by atoms with Gasteiger partial charge in [0.15, 0.2) is 0 Å². The molecule has 1 N–H and O–H groups in total. The molecule has 0 bridgehead atoms. The van der Waals surface area contributed by atoms with Crippen LogP contribution in [0, 0.1) is 0 Å². The van der Waals surface area contributed by atoms with Crippen LogP contribution < -0.4 is 20.5 Å². The van der Waals surface area contributed by atoms with E-state index in [0.717, 1.165) is 17.5 Å². The van der Waals surface area contributed by atoms with E-state index < -0.39 is 0 Å². The van der Waals surface area contributed by atoms with Crippen LogP contribution in [-0.2, 0) is 17.9 Å². The fourth-order valence-corrected chi connectivity index (χ4v) is 3.50. The maximum Gasteiger partial charge on any atom is 0.329 e. The van der Waals surface area contributed by atoms with Crippen LogP contribution in [0.4, 0.5) is 5.69 Å². The Hall–Kier alpha value is -3.22. The van der Waals surface area contributed by atoms with Gasteiger partial charge in [-0.05, 0) is 44.5 Å². The third-order valence-electron chi connectivity index (χ3n) is 4.77. The molecule has 1 amide bonds. The highest BCUT2D eigenvalue weighted by molar-refractivity contribution is 5.92. The van der Waals surface area contributed by atoms with Crippen LogP contribution in [0.15, 0.2) is 47.3 Å². The molecule has 7 nitrogen and oxygen atoms in total. The van der Waals surface area contributed by atoms with Crippen molar-refractivity contribution in [2.75, 3.05) is 18.5 Å². The molecule has 0 saturated heterocycles. The summed E-state index contributed by atoms with van der Waals surface area (Å²) in [7, 11) is 0. The number of benzene rings is 2. The van der Waals surface area contributed by atoms with Gasteiger partial charge in [0.25, 0.3) is 0 Å². The van der Waals surface area contributed by atoms with E-state index in [1.54, 1.807) is 21.3 Å².